The fourth-order valence-corrected chi connectivity index (χ4v) is 3.17. The lowest BCUT2D eigenvalue weighted by molar-refractivity contribution is 0.249. The second kappa shape index (κ2) is 6.79. The quantitative estimate of drug-likeness (QED) is 0.734. The maximum atomic E-state index is 9.32. The first-order valence-corrected chi connectivity index (χ1v) is 7.34. The molecule has 6 heteroatoms. The highest BCUT2D eigenvalue weighted by molar-refractivity contribution is 6.58. The summed E-state index contributed by atoms with van der Waals surface area (Å²) in [5.41, 5.74) is 1.50. The summed E-state index contributed by atoms with van der Waals surface area (Å²) in [6.45, 7) is 5.09. The van der Waals surface area contributed by atoms with E-state index in [0.29, 0.717) is 17.4 Å². The SMILES string of the molecule is COc1ccc(B(O)O)cc1CN1CC(C)C(N(C)C)C1. The molecule has 2 atom stereocenters. The van der Waals surface area contributed by atoms with Gasteiger partial charge in [-0.15, -0.1) is 0 Å². The van der Waals surface area contributed by atoms with Gasteiger partial charge in [-0.1, -0.05) is 19.1 Å². The third kappa shape index (κ3) is 3.77. The molecule has 1 aromatic rings. The van der Waals surface area contributed by atoms with Crippen molar-refractivity contribution in [2.24, 2.45) is 5.92 Å². The monoisotopic (exact) mass is 292 g/mol. The highest BCUT2D eigenvalue weighted by atomic mass is 16.5. The Morgan fingerprint density at radius 2 is 2.05 bits per heavy atom. The molecule has 1 fully saturated rings. The molecule has 0 amide bonds. The first-order valence-electron chi connectivity index (χ1n) is 7.34. The maximum Gasteiger partial charge on any atom is 0.488 e. The van der Waals surface area contributed by atoms with E-state index in [2.05, 4.69) is 30.8 Å². The van der Waals surface area contributed by atoms with Crippen LogP contribution in [0.5, 0.6) is 5.75 Å². The van der Waals surface area contributed by atoms with Crippen molar-refractivity contribution in [2.75, 3.05) is 34.3 Å². The van der Waals surface area contributed by atoms with Crippen LogP contribution in [-0.2, 0) is 6.54 Å². The number of rotatable bonds is 5. The van der Waals surface area contributed by atoms with Crippen molar-refractivity contribution in [3.05, 3.63) is 23.8 Å². The summed E-state index contributed by atoms with van der Waals surface area (Å²) < 4.78 is 5.39. The number of hydrogen-bond donors (Lipinski definition) is 2. The predicted octanol–water partition coefficient (Wildman–Crippen LogP) is -0.243. The summed E-state index contributed by atoms with van der Waals surface area (Å²) in [6, 6.07) is 5.86. The first-order chi connectivity index (χ1) is 9.92. The van der Waals surface area contributed by atoms with Crippen LogP contribution in [-0.4, -0.2) is 67.3 Å². The zero-order valence-electron chi connectivity index (χ0n) is 13.3. The first kappa shape index (κ1) is 16.3. The summed E-state index contributed by atoms with van der Waals surface area (Å²) in [7, 11) is 4.44. The molecule has 1 heterocycles. The van der Waals surface area contributed by atoms with Crippen LogP contribution in [0.4, 0.5) is 0 Å². The molecule has 0 aliphatic carbocycles. The summed E-state index contributed by atoms with van der Waals surface area (Å²) in [5, 5.41) is 18.6. The number of hydrogen-bond acceptors (Lipinski definition) is 5. The van der Waals surface area contributed by atoms with Crippen molar-refractivity contribution >= 4 is 12.6 Å². The molecule has 0 saturated carbocycles. The Balaban J connectivity index is 2.14. The van der Waals surface area contributed by atoms with E-state index in [1.807, 2.05) is 6.07 Å². The molecule has 1 aliphatic heterocycles. The molecule has 0 spiro atoms. The Hall–Kier alpha value is -1.08. The number of benzene rings is 1. The molecule has 21 heavy (non-hydrogen) atoms. The van der Waals surface area contributed by atoms with Crippen LogP contribution >= 0.6 is 0 Å². The molecule has 5 nitrogen and oxygen atoms in total. The van der Waals surface area contributed by atoms with Gasteiger partial charge in [-0.25, -0.2) is 0 Å². The van der Waals surface area contributed by atoms with Crippen molar-refractivity contribution in [3.63, 3.8) is 0 Å². The molecule has 1 saturated heterocycles. The van der Waals surface area contributed by atoms with E-state index in [1.54, 1.807) is 19.2 Å². The van der Waals surface area contributed by atoms with Crippen LogP contribution in [0.3, 0.4) is 0 Å². The number of ether oxygens (including phenoxy) is 1. The fraction of sp³-hybridized carbons (Fsp3) is 0.600. The van der Waals surface area contributed by atoms with E-state index >= 15 is 0 Å². The van der Waals surface area contributed by atoms with Crippen molar-refractivity contribution in [1.82, 2.24) is 9.80 Å². The van der Waals surface area contributed by atoms with Crippen LogP contribution in [0.2, 0.25) is 0 Å². The van der Waals surface area contributed by atoms with Gasteiger partial charge in [-0.05, 0) is 31.5 Å². The van der Waals surface area contributed by atoms with Gasteiger partial charge in [0.05, 0.1) is 7.11 Å². The van der Waals surface area contributed by atoms with E-state index in [4.69, 9.17) is 4.74 Å². The molecule has 0 bridgehead atoms. The molecule has 0 aromatic heterocycles. The zero-order chi connectivity index (χ0) is 15.6. The van der Waals surface area contributed by atoms with Gasteiger partial charge in [0.25, 0.3) is 0 Å². The van der Waals surface area contributed by atoms with Crippen molar-refractivity contribution in [3.8, 4) is 5.75 Å². The molecular formula is C15H25BN2O3. The van der Waals surface area contributed by atoms with E-state index in [1.165, 1.54) is 0 Å². The average Bonchev–Trinajstić information content (AvgIpc) is 2.79. The molecule has 1 aromatic carbocycles. The van der Waals surface area contributed by atoms with Crippen molar-refractivity contribution < 1.29 is 14.8 Å². The number of likely N-dealkylation sites (N-methyl/N-ethyl adjacent to an activating group) is 1. The largest absolute Gasteiger partial charge is 0.496 e. The Bertz CT molecular complexity index is 482. The molecule has 2 N–H and O–H groups in total. The third-order valence-electron chi connectivity index (χ3n) is 4.31. The van der Waals surface area contributed by atoms with E-state index < -0.39 is 7.12 Å². The van der Waals surface area contributed by atoms with Gasteiger partial charge in [0.15, 0.2) is 0 Å². The number of likely N-dealkylation sites (tertiary alicyclic amines) is 1. The smallest absolute Gasteiger partial charge is 0.488 e. The van der Waals surface area contributed by atoms with Crippen LogP contribution in [0.25, 0.3) is 0 Å². The molecule has 1 aliphatic rings. The molecular weight excluding hydrogens is 267 g/mol. The second-order valence-corrected chi connectivity index (χ2v) is 6.15. The van der Waals surface area contributed by atoms with Gasteiger partial charge in [0, 0.05) is 31.2 Å². The van der Waals surface area contributed by atoms with Gasteiger partial charge >= 0.3 is 7.12 Å². The molecule has 2 rings (SSSR count). The summed E-state index contributed by atoms with van der Waals surface area (Å²) in [6.07, 6.45) is 0. The normalized spacial score (nSPS) is 22.8. The lowest BCUT2D eigenvalue weighted by Gasteiger charge is -2.23. The van der Waals surface area contributed by atoms with E-state index in [0.717, 1.165) is 30.9 Å². The summed E-state index contributed by atoms with van der Waals surface area (Å²) >= 11 is 0. The van der Waals surface area contributed by atoms with Crippen molar-refractivity contribution in [1.29, 1.82) is 0 Å². The van der Waals surface area contributed by atoms with Gasteiger partial charge in [0.1, 0.15) is 5.75 Å². The Kier molecular flexibility index (Phi) is 5.27. The van der Waals surface area contributed by atoms with Crippen LogP contribution < -0.4 is 10.2 Å². The highest BCUT2D eigenvalue weighted by Gasteiger charge is 2.31. The maximum absolute atomic E-state index is 9.32. The Morgan fingerprint density at radius 3 is 2.57 bits per heavy atom. The topological polar surface area (TPSA) is 56.2 Å². The molecule has 0 radical (unpaired) electrons. The lowest BCUT2D eigenvalue weighted by atomic mass is 9.79. The minimum atomic E-state index is -1.44. The van der Waals surface area contributed by atoms with E-state index in [9.17, 15) is 10.0 Å². The third-order valence-corrected chi connectivity index (χ3v) is 4.31. The van der Waals surface area contributed by atoms with Gasteiger partial charge in [0.2, 0.25) is 0 Å². The number of nitrogens with zero attached hydrogens (tertiary/aromatic N) is 2. The minimum Gasteiger partial charge on any atom is -0.496 e. The zero-order valence-corrected chi connectivity index (χ0v) is 13.3. The fourth-order valence-electron chi connectivity index (χ4n) is 3.17. The van der Waals surface area contributed by atoms with Gasteiger partial charge < -0.3 is 19.7 Å². The van der Waals surface area contributed by atoms with E-state index in [-0.39, 0.29) is 0 Å². The Morgan fingerprint density at radius 1 is 1.33 bits per heavy atom. The standard InChI is InChI=1S/C15H25BN2O3/c1-11-8-18(10-14(11)17(2)3)9-12-7-13(16(19)20)5-6-15(12)21-4/h5-7,11,14,19-20H,8-10H2,1-4H3. The number of methoxy groups -OCH3 is 1. The van der Waals surface area contributed by atoms with Crippen LogP contribution in [0, 0.1) is 5.92 Å². The van der Waals surface area contributed by atoms with Crippen molar-refractivity contribution in [2.45, 2.75) is 19.5 Å². The van der Waals surface area contributed by atoms with Crippen LogP contribution in [0.15, 0.2) is 18.2 Å². The molecule has 2 unspecified atom stereocenters. The molecule has 116 valence electrons. The summed E-state index contributed by atoms with van der Waals surface area (Å²) in [5.74, 6) is 1.41. The minimum absolute atomic E-state index is 0.502. The highest BCUT2D eigenvalue weighted by Crippen LogP contribution is 2.25. The van der Waals surface area contributed by atoms with Crippen LogP contribution in [0.1, 0.15) is 12.5 Å². The predicted molar refractivity (Wildman–Crippen MR) is 84.7 cm³/mol. The Labute approximate surface area is 127 Å². The van der Waals surface area contributed by atoms with Gasteiger partial charge in [-0.3, -0.25) is 4.90 Å². The second-order valence-electron chi connectivity index (χ2n) is 6.15. The lowest BCUT2D eigenvalue weighted by Crippen LogP contribution is -2.34. The van der Waals surface area contributed by atoms with Gasteiger partial charge in [-0.2, -0.15) is 0 Å². The average molecular weight is 292 g/mol. The summed E-state index contributed by atoms with van der Waals surface area (Å²) in [4.78, 5) is 4.66.